The standard InChI is InChI=1S/C19H38O2/c1-3-5-7-9-11-13-18-15-17(20)16-19(21-18)14-12-10-8-6-4-2/h17-20H,3-16H2,1-2H3/t17?,18-,19+. The molecule has 0 radical (unpaired) electrons. The van der Waals surface area contributed by atoms with Crippen LogP contribution >= 0.6 is 0 Å². The minimum atomic E-state index is -0.125. The first kappa shape index (κ1) is 19.0. The van der Waals surface area contributed by atoms with Crippen molar-refractivity contribution in [2.45, 2.75) is 122 Å². The van der Waals surface area contributed by atoms with E-state index in [-0.39, 0.29) is 6.10 Å². The van der Waals surface area contributed by atoms with Crippen LogP contribution in [0.4, 0.5) is 0 Å². The third-order valence-corrected chi connectivity index (χ3v) is 4.71. The van der Waals surface area contributed by atoms with Crippen molar-refractivity contribution in [3.05, 3.63) is 0 Å². The molecule has 1 aliphatic rings. The first-order valence-corrected chi connectivity index (χ1v) is 9.59. The van der Waals surface area contributed by atoms with Crippen LogP contribution in [-0.2, 0) is 4.74 Å². The maximum atomic E-state index is 10.1. The van der Waals surface area contributed by atoms with Gasteiger partial charge in [0, 0.05) is 0 Å². The van der Waals surface area contributed by atoms with E-state index >= 15 is 0 Å². The molecule has 0 spiro atoms. The van der Waals surface area contributed by atoms with Crippen molar-refractivity contribution in [1.82, 2.24) is 0 Å². The molecule has 0 aromatic rings. The van der Waals surface area contributed by atoms with E-state index in [0.29, 0.717) is 12.2 Å². The smallest absolute Gasteiger partial charge is 0.0603 e. The Morgan fingerprint density at radius 2 is 1.14 bits per heavy atom. The van der Waals surface area contributed by atoms with Crippen molar-refractivity contribution in [1.29, 1.82) is 0 Å². The second kappa shape index (κ2) is 12.5. The predicted molar refractivity (Wildman–Crippen MR) is 90.7 cm³/mol. The van der Waals surface area contributed by atoms with Gasteiger partial charge in [-0.15, -0.1) is 0 Å². The summed E-state index contributed by atoms with van der Waals surface area (Å²) in [5.74, 6) is 0. The largest absolute Gasteiger partial charge is 0.393 e. The van der Waals surface area contributed by atoms with E-state index in [1.807, 2.05) is 0 Å². The first-order chi connectivity index (χ1) is 10.3. The second-order valence-electron chi connectivity index (χ2n) is 6.91. The molecule has 0 aromatic carbocycles. The number of rotatable bonds is 12. The molecular weight excluding hydrogens is 260 g/mol. The average molecular weight is 299 g/mol. The quantitative estimate of drug-likeness (QED) is 0.474. The normalized spacial score (nSPS) is 26.1. The molecule has 1 aliphatic heterocycles. The summed E-state index contributed by atoms with van der Waals surface area (Å²) in [6.45, 7) is 4.51. The summed E-state index contributed by atoms with van der Waals surface area (Å²) in [6.07, 6.45) is 17.7. The lowest BCUT2D eigenvalue weighted by Crippen LogP contribution is -2.35. The molecule has 2 heteroatoms. The third-order valence-electron chi connectivity index (χ3n) is 4.71. The number of aliphatic hydroxyl groups excluding tert-OH is 1. The van der Waals surface area contributed by atoms with Crippen LogP contribution in [0.5, 0.6) is 0 Å². The predicted octanol–water partition coefficient (Wildman–Crippen LogP) is 5.62. The molecule has 3 atom stereocenters. The number of hydrogen-bond donors (Lipinski definition) is 1. The van der Waals surface area contributed by atoms with Crippen molar-refractivity contribution in [2.75, 3.05) is 0 Å². The molecule has 21 heavy (non-hydrogen) atoms. The zero-order valence-corrected chi connectivity index (χ0v) is 14.5. The fourth-order valence-electron chi connectivity index (χ4n) is 3.41. The number of aliphatic hydroxyl groups is 1. The van der Waals surface area contributed by atoms with Crippen LogP contribution in [0.15, 0.2) is 0 Å². The highest BCUT2D eigenvalue weighted by atomic mass is 16.5. The molecule has 0 saturated carbocycles. The van der Waals surface area contributed by atoms with E-state index in [1.54, 1.807) is 0 Å². The molecule has 0 aromatic heterocycles. The Balaban J connectivity index is 2.11. The Bertz CT molecular complexity index is 208. The Morgan fingerprint density at radius 3 is 1.57 bits per heavy atom. The van der Waals surface area contributed by atoms with Gasteiger partial charge in [-0.2, -0.15) is 0 Å². The molecule has 1 heterocycles. The lowest BCUT2D eigenvalue weighted by molar-refractivity contribution is -0.101. The SMILES string of the molecule is CCCCCCC[C@@H]1CC(O)C[C@H](CCCCCCC)O1. The first-order valence-electron chi connectivity index (χ1n) is 9.59. The molecule has 1 N–H and O–H groups in total. The molecule has 1 unspecified atom stereocenters. The van der Waals surface area contributed by atoms with Gasteiger partial charge in [0.05, 0.1) is 18.3 Å². The minimum absolute atomic E-state index is 0.125. The van der Waals surface area contributed by atoms with Gasteiger partial charge < -0.3 is 9.84 Å². The number of ether oxygens (including phenoxy) is 1. The van der Waals surface area contributed by atoms with Crippen LogP contribution in [0.1, 0.15) is 104 Å². The highest BCUT2D eigenvalue weighted by Crippen LogP contribution is 2.26. The lowest BCUT2D eigenvalue weighted by Gasteiger charge is -2.33. The summed E-state index contributed by atoms with van der Waals surface area (Å²) in [5, 5.41) is 10.1. The molecule has 126 valence electrons. The van der Waals surface area contributed by atoms with Gasteiger partial charge >= 0.3 is 0 Å². The van der Waals surface area contributed by atoms with Crippen molar-refractivity contribution in [3.63, 3.8) is 0 Å². The van der Waals surface area contributed by atoms with Gasteiger partial charge in [0.2, 0.25) is 0 Å². The second-order valence-corrected chi connectivity index (χ2v) is 6.91. The molecule has 1 fully saturated rings. The van der Waals surface area contributed by atoms with Crippen LogP contribution in [0, 0.1) is 0 Å². The summed E-state index contributed by atoms with van der Waals surface area (Å²) < 4.78 is 6.21. The number of unbranched alkanes of at least 4 members (excludes halogenated alkanes) is 8. The maximum Gasteiger partial charge on any atom is 0.0603 e. The van der Waals surface area contributed by atoms with Crippen LogP contribution in [-0.4, -0.2) is 23.4 Å². The molecular formula is C19H38O2. The minimum Gasteiger partial charge on any atom is -0.393 e. The van der Waals surface area contributed by atoms with Gasteiger partial charge in [-0.3, -0.25) is 0 Å². The fourth-order valence-corrected chi connectivity index (χ4v) is 3.41. The highest BCUT2D eigenvalue weighted by Gasteiger charge is 2.27. The summed E-state index contributed by atoms with van der Waals surface area (Å²) in [5.41, 5.74) is 0. The van der Waals surface area contributed by atoms with E-state index in [0.717, 1.165) is 25.7 Å². The van der Waals surface area contributed by atoms with E-state index in [4.69, 9.17) is 4.74 Å². The molecule has 0 bridgehead atoms. The summed E-state index contributed by atoms with van der Waals surface area (Å²) in [4.78, 5) is 0. The van der Waals surface area contributed by atoms with Gasteiger partial charge in [0.25, 0.3) is 0 Å². The Hall–Kier alpha value is -0.0800. The fraction of sp³-hybridized carbons (Fsp3) is 1.00. The van der Waals surface area contributed by atoms with Gasteiger partial charge in [0.15, 0.2) is 0 Å². The van der Waals surface area contributed by atoms with Gasteiger partial charge in [-0.1, -0.05) is 78.1 Å². The van der Waals surface area contributed by atoms with Gasteiger partial charge in [-0.05, 0) is 25.7 Å². The van der Waals surface area contributed by atoms with E-state index in [2.05, 4.69) is 13.8 Å². The molecule has 1 rings (SSSR count). The van der Waals surface area contributed by atoms with Crippen LogP contribution in [0.2, 0.25) is 0 Å². The monoisotopic (exact) mass is 298 g/mol. The van der Waals surface area contributed by atoms with Crippen LogP contribution < -0.4 is 0 Å². The summed E-state index contributed by atoms with van der Waals surface area (Å²) >= 11 is 0. The van der Waals surface area contributed by atoms with Crippen molar-refractivity contribution in [2.24, 2.45) is 0 Å². The average Bonchev–Trinajstić information content (AvgIpc) is 2.46. The molecule has 0 aliphatic carbocycles. The summed E-state index contributed by atoms with van der Waals surface area (Å²) in [6, 6.07) is 0. The van der Waals surface area contributed by atoms with Crippen LogP contribution in [0.25, 0.3) is 0 Å². The zero-order chi connectivity index (χ0) is 15.3. The molecule has 2 nitrogen and oxygen atoms in total. The van der Waals surface area contributed by atoms with E-state index < -0.39 is 0 Å². The highest BCUT2D eigenvalue weighted by molar-refractivity contribution is 4.77. The van der Waals surface area contributed by atoms with E-state index in [9.17, 15) is 5.11 Å². The maximum absolute atomic E-state index is 10.1. The van der Waals surface area contributed by atoms with Gasteiger partial charge in [-0.25, -0.2) is 0 Å². The Morgan fingerprint density at radius 1 is 0.714 bits per heavy atom. The van der Waals surface area contributed by atoms with Crippen molar-refractivity contribution < 1.29 is 9.84 Å². The zero-order valence-electron chi connectivity index (χ0n) is 14.5. The third kappa shape index (κ3) is 9.52. The van der Waals surface area contributed by atoms with Crippen molar-refractivity contribution in [3.8, 4) is 0 Å². The Labute approximate surface area is 132 Å². The van der Waals surface area contributed by atoms with Crippen LogP contribution in [0.3, 0.4) is 0 Å². The molecule has 0 amide bonds. The Kier molecular flexibility index (Phi) is 11.3. The number of hydrogen-bond acceptors (Lipinski definition) is 2. The topological polar surface area (TPSA) is 29.5 Å². The lowest BCUT2D eigenvalue weighted by atomic mass is 9.94. The molecule has 1 saturated heterocycles. The van der Waals surface area contributed by atoms with E-state index in [1.165, 1.54) is 64.2 Å². The van der Waals surface area contributed by atoms with Gasteiger partial charge in [0.1, 0.15) is 0 Å². The van der Waals surface area contributed by atoms with Crippen molar-refractivity contribution >= 4 is 0 Å². The summed E-state index contributed by atoms with van der Waals surface area (Å²) in [7, 11) is 0.